The van der Waals surface area contributed by atoms with Crippen LogP contribution >= 0.6 is 0 Å². The summed E-state index contributed by atoms with van der Waals surface area (Å²) < 4.78 is 0. The van der Waals surface area contributed by atoms with Gasteiger partial charge in [0.2, 0.25) is 0 Å². The molecule has 0 spiro atoms. The SMILES string of the molecule is O=C(c1c[nH]c2ccccc12)N1CCC2NNC(c3ccccc3)C2C1. The van der Waals surface area contributed by atoms with Crippen molar-refractivity contribution in [2.75, 3.05) is 13.1 Å². The third-order valence-electron chi connectivity index (χ3n) is 5.78. The molecule has 2 aromatic carbocycles. The number of nitrogens with zero attached hydrogens (tertiary/aromatic N) is 1. The molecular formula is C21H22N4O. The van der Waals surface area contributed by atoms with Gasteiger partial charge < -0.3 is 9.88 Å². The highest BCUT2D eigenvalue weighted by Crippen LogP contribution is 2.34. The largest absolute Gasteiger partial charge is 0.360 e. The van der Waals surface area contributed by atoms with Crippen molar-refractivity contribution in [3.63, 3.8) is 0 Å². The summed E-state index contributed by atoms with van der Waals surface area (Å²) in [6.07, 6.45) is 2.81. The normalized spacial score (nSPS) is 25.4. The van der Waals surface area contributed by atoms with Crippen LogP contribution in [0.1, 0.15) is 28.4 Å². The van der Waals surface area contributed by atoms with Crippen molar-refractivity contribution >= 4 is 16.8 Å². The lowest BCUT2D eigenvalue weighted by Gasteiger charge is -2.36. The number of piperidine rings is 1. The number of likely N-dealkylation sites (tertiary alicyclic amines) is 1. The molecule has 3 unspecified atom stereocenters. The molecule has 1 aromatic heterocycles. The number of H-pyrrole nitrogens is 1. The van der Waals surface area contributed by atoms with Crippen LogP contribution in [0.5, 0.6) is 0 Å². The predicted molar refractivity (Wildman–Crippen MR) is 102 cm³/mol. The number of para-hydroxylation sites is 1. The van der Waals surface area contributed by atoms with Gasteiger partial charge in [0.15, 0.2) is 0 Å². The zero-order valence-electron chi connectivity index (χ0n) is 14.5. The summed E-state index contributed by atoms with van der Waals surface area (Å²) in [6.45, 7) is 1.55. The molecule has 2 aliphatic heterocycles. The number of hydrogen-bond donors (Lipinski definition) is 3. The first-order valence-electron chi connectivity index (χ1n) is 9.22. The highest BCUT2D eigenvalue weighted by Gasteiger charge is 2.41. The highest BCUT2D eigenvalue weighted by atomic mass is 16.2. The molecule has 5 rings (SSSR count). The number of carbonyl (C=O) groups is 1. The molecule has 0 bridgehead atoms. The Labute approximate surface area is 152 Å². The number of carbonyl (C=O) groups excluding carboxylic acids is 1. The van der Waals surface area contributed by atoms with Gasteiger partial charge >= 0.3 is 0 Å². The van der Waals surface area contributed by atoms with Gasteiger partial charge in [0.25, 0.3) is 5.91 Å². The molecule has 132 valence electrons. The van der Waals surface area contributed by atoms with E-state index in [0.717, 1.165) is 36.0 Å². The van der Waals surface area contributed by atoms with Gasteiger partial charge in [-0.05, 0) is 18.1 Å². The van der Waals surface area contributed by atoms with Crippen LogP contribution in [-0.2, 0) is 0 Å². The fraction of sp³-hybridized carbons (Fsp3) is 0.286. The maximum Gasteiger partial charge on any atom is 0.256 e. The van der Waals surface area contributed by atoms with Crippen LogP contribution in [0.15, 0.2) is 60.8 Å². The number of hydrazine groups is 1. The van der Waals surface area contributed by atoms with Gasteiger partial charge in [-0.1, -0.05) is 48.5 Å². The van der Waals surface area contributed by atoms with Crippen LogP contribution in [-0.4, -0.2) is 34.9 Å². The van der Waals surface area contributed by atoms with Gasteiger partial charge in [-0.3, -0.25) is 10.2 Å². The maximum absolute atomic E-state index is 13.2. The molecule has 26 heavy (non-hydrogen) atoms. The Bertz CT molecular complexity index is 935. The van der Waals surface area contributed by atoms with E-state index in [1.807, 2.05) is 41.4 Å². The van der Waals surface area contributed by atoms with E-state index in [0.29, 0.717) is 12.0 Å². The summed E-state index contributed by atoms with van der Waals surface area (Å²) in [7, 11) is 0. The number of aromatic amines is 1. The zero-order valence-corrected chi connectivity index (χ0v) is 14.5. The Balaban J connectivity index is 1.40. The quantitative estimate of drug-likeness (QED) is 0.669. The highest BCUT2D eigenvalue weighted by molar-refractivity contribution is 6.06. The average Bonchev–Trinajstić information content (AvgIpc) is 3.32. The van der Waals surface area contributed by atoms with E-state index in [-0.39, 0.29) is 11.9 Å². The van der Waals surface area contributed by atoms with Crippen molar-refractivity contribution in [3.8, 4) is 0 Å². The summed E-state index contributed by atoms with van der Waals surface area (Å²) >= 11 is 0. The van der Waals surface area contributed by atoms with Crippen LogP contribution in [0.25, 0.3) is 10.9 Å². The molecule has 0 saturated carbocycles. The van der Waals surface area contributed by atoms with Crippen LogP contribution < -0.4 is 10.9 Å². The van der Waals surface area contributed by atoms with Crippen LogP contribution in [0.2, 0.25) is 0 Å². The van der Waals surface area contributed by atoms with E-state index in [1.165, 1.54) is 5.56 Å². The van der Waals surface area contributed by atoms with Crippen LogP contribution in [0.4, 0.5) is 0 Å². The second kappa shape index (κ2) is 6.27. The molecule has 5 heteroatoms. The molecule has 2 saturated heterocycles. The Hall–Kier alpha value is -2.63. The Kier molecular flexibility index (Phi) is 3.76. The second-order valence-electron chi connectivity index (χ2n) is 7.24. The number of aromatic nitrogens is 1. The van der Waals surface area contributed by atoms with Crippen LogP contribution in [0, 0.1) is 5.92 Å². The Morgan fingerprint density at radius 3 is 2.69 bits per heavy atom. The Morgan fingerprint density at radius 2 is 1.81 bits per heavy atom. The van der Waals surface area contributed by atoms with Gasteiger partial charge in [0.05, 0.1) is 11.6 Å². The Morgan fingerprint density at radius 1 is 1.00 bits per heavy atom. The van der Waals surface area contributed by atoms with E-state index in [2.05, 4.69) is 40.1 Å². The molecule has 3 heterocycles. The molecule has 0 radical (unpaired) electrons. The minimum atomic E-state index is 0.125. The van der Waals surface area contributed by atoms with Crippen molar-refractivity contribution in [1.29, 1.82) is 0 Å². The third-order valence-corrected chi connectivity index (χ3v) is 5.78. The third kappa shape index (κ3) is 2.52. The molecule has 3 aromatic rings. The molecule has 3 atom stereocenters. The lowest BCUT2D eigenvalue weighted by molar-refractivity contribution is 0.0654. The standard InChI is InChI=1S/C21H22N4O/c26-21(16-12-22-18-9-5-4-8-15(16)18)25-11-10-19-17(13-25)20(24-23-19)14-6-2-1-3-7-14/h1-9,12,17,19-20,22-24H,10-11,13H2. The molecule has 0 aliphatic carbocycles. The fourth-order valence-electron chi connectivity index (χ4n) is 4.40. The van der Waals surface area contributed by atoms with Gasteiger partial charge in [0.1, 0.15) is 0 Å². The lowest BCUT2D eigenvalue weighted by Crippen LogP contribution is -2.47. The fourth-order valence-corrected chi connectivity index (χ4v) is 4.40. The topological polar surface area (TPSA) is 60.2 Å². The van der Waals surface area contributed by atoms with Gasteiger partial charge in [0, 0.05) is 42.1 Å². The molecule has 5 nitrogen and oxygen atoms in total. The minimum absolute atomic E-state index is 0.125. The predicted octanol–water partition coefficient (Wildman–Crippen LogP) is 2.85. The number of benzene rings is 2. The average molecular weight is 346 g/mol. The van der Waals surface area contributed by atoms with E-state index < -0.39 is 0 Å². The van der Waals surface area contributed by atoms with Crippen molar-refractivity contribution < 1.29 is 4.79 Å². The first-order chi connectivity index (χ1) is 12.8. The van der Waals surface area contributed by atoms with Crippen molar-refractivity contribution in [2.45, 2.75) is 18.5 Å². The molecule has 2 fully saturated rings. The smallest absolute Gasteiger partial charge is 0.256 e. The molecule has 3 N–H and O–H groups in total. The van der Waals surface area contributed by atoms with Crippen molar-refractivity contribution in [1.82, 2.24) is 20.7 Å². The van der Waals surface area contributed by atoms with Gasteiger partial charge in [-0.25, -0.2) is 5.43 Å². The minimum Gasteiger partial charge on any atom is -0.360 e. The van der Waals surface area contributed by atoms with Gasteiger partial charge in [-0.2, -0.15) is 0 Å². The molecule has 1 amide bonds. The van der Waals surface area contributed by atoms with Gasteiger partial charge in [-0.15, -0.1) is 0 Å². The first-order valence-corrected chi connectivity index (χ1v) is 9.22. The monoisotopic (exact) mass is 346 g/mol. The number of fused-ring (bicyclic) bond motifs is 2. The van der Waals surface area contributed by atoms with E-state index >= 15 is 0 Å². The summed E-state index contributed by atoms with van der Waals surface area (Å²) in [5, 5.41) is 1.00. The van der Waals surface area contributed by atoms with E-state index in [4.69, 9.17) is 0 Å². The van der Waals surface area contributed by atoms with Crippen molar-refractivity contribution in [2.24, 2.45) is 5.92 Å². The first kappa shape index (κ1) is 15.6. The summed E-state index contributed by atoms with van der Waals surface area (Å²) in [5.41, 5.74) is 9.94. The maximum atomic E-state index is 13.2. The summed E-state index contributed by atoms with van der Waals surface area (Å²) in [4.78, 5) is 18.4. The summed E-state index contributed by atoms with van der Waals surface area (Å²) in [6, 6.07) is 19.1. The zero-order chi connectivity index (χ0) is 17.5. The number of rotatable bonds is 2. The number of hydrogen-bond acceptors (Lipinski definition) is 3. The second-order valence-corrected chi connectivity index (χ2v) is 7.24. The van der Waals surface area contributed by atoms with E-state index in [9.17, 15) is 4.79 Å². The number of amides is 1. The molecular weight excluding hydrogens is 324 g/mol. The van der Waals surface area contributed by atoms with E-state index in [1.54, 1.807) is 0 Å². The number of nitrogens with one attached hydrogen (secondary N) is 3. The van der Waals surface area contributed by atoms with Crippen molar-refractivity contribution in [3.05, 3.63) is 71.9 Å². The van der Waals surface area contributed by atoms with Crippen LogP contribution in [0.3, 0.4) is 0 Å². The summed E-state index contributed by atoms with van der Waals surface area (Å²) in [5.74, 6) is 0.500. The lowest BCUT2D eigenvalue weighted by atomic mass is 9.85. The molecule has 2 aliphatic rings.